The number of carbonyl (C=O) groups excluding carboxylic acids is 2. The number of fused-ring (bicyclic) bond motifs is 1. The molecule has 0 bridgehead atoms. The minimum Gasteiger partial charge on any atom is -0.482 e. The lowest BCUT2D eigenvalue weighted by molar-refractivity contribution is -0.123. The first-order chi connectivity index (χ1) is 13.3. The van der Waals surface area contributed by atoms with Crippen LogP contribution in [0.2, 0.25) is 0 Å². The van der Waals surface area contributed by atoms with Gasteiger partial charge in [-0.3, -0.25) is 14.5 Å². The Morgan fingerprint density at radius 2 is 2.00 bits per heavy atom. The Labute approximate surface area is 162 Å². The van der Waals surface area contributed by atoms with Crippen molar-refractivity contribution in [3.63, 3.8) is 0 Å². The lowest BCUT2D eigenvalue weighted by Gasteiger charge is -2.29. The number of aromatic carboxylic acids is 1. The molecule has 0 radical (unpaired) electrons. The number of hydrogen-bond donors (Lipinski definition) is 2. The average Bonchev–Trinajstić information content (AvgIpc) is 2.65. The maximum atomic E-state index is 12.7. The van der Waals surface area contributed by atoms with Crippen LogP contribution in [0.5, 0.6) is 5.75 Å². The fourth-order valence-electron chi connectivity index (χ4n) is 3.17. The molecule has 2 aromatic rings. The van der Waals surface area contributed by atoms with Crippen molar-refractivity contribution in [1.29, 1.82) is 0 Å². The quantitative estimate of drug-likeness (QED) is 0.828. The van der Waals surface area contributed by atoms with Crippen molar-refractivity contribution in [3.8, 4) is 5.75 Å². The molecule has 2 N–H and O–H groups in total. The molecule has 0 saturated heterocycles. The van der Waals surface area contributed by atoms with Gasteiger partial charge in [0.2, 0.25) is 5.91 Å². The molecule has 1 aliphatic heterocycles. The summed E-state index contributed by atoms with van der Waals surface area (Å²) in [4.78, 5) is 37.6. The fraction of sp³-hybridized carbons (Fsp3) is 0.286. The smallest absolute Gasteiger partial charge is 0.335 e. The predicted molar refractivity (Wildman–Crippen MR) is 105 cm³/mol. The summed E-state index contributed by atoms with van der Waals surface area (Å²) in [5.41, 5.74) is 2.97. The maximum absolute atomic E-state index is 12.7. The normalized spacial score (nSPS) is 13.1. The van der Waals surface area contributed by atoms with Crippen LogP contribution >= 0.6 is 0 Å². The van der Waals surface area contributed by atoms with Gasteiger partial charge in [-0.15, -0.1) is 0 Å². The Balaban J connectivity index is 1.87. The summed E-state index contributed by atoms with van der Waals surface area (Å²) in [6.45, 7) is 5.56. The summed E-state index contributed by atoms with van der Waals surface area (Å²) in [7, 11) is 0. The van der Waals surface area contributed by atoms with Gasteiger partial charge in [-0.25, -0.2) is 4.79 Å². The number of carbonyl (C=O) groups is 3. The van der Waals surface area contributed by atoms with Crippen molar-refractivity contribution in [2.45, 2.75) is 26.7 Å². The molecular formula is C21H22N2O5. The highest BCUT2D eigenvalue weighted by Crippen LogP contribution is 2.33. The van der Waals surface area contributed by atoms with Crippen LogP contribution in [-0.2, 0) is 9.59 Å². The molecule has 3 rings (SSSR count). The number of amides is 2. The van der Waals surface area contributed by atoms with E-state index in [1.165, 1.54) is 23.1 Å². The van der Waals surface area contributed by atoms with E-state index in [-0.39, 0.29) is 36.2 Å². The molecular weight excluding hydrogens is 360 g/mol. The van der Waals surface area contributed by atoms with E-state index >= 15 is 0 Å². The zero-order valence-electron chi connectivity index (χ0n) is 16.0. The summed E-state index contributed by atoms with van der Waals surface area (Å²) in [5, 5.41) is 12.1. The molecule has 1 heterocycles. The lowest BCUT2D eigenvalue weighted by Crippen LogP contribution is -2.43. The Morgan fingerprint density at radius 1 is 1.25 bits per heavy atom. The van der Waals surface area contributed by atoms with Crippen molar-refractivity contribution >= 4 is 29.2 Å². The number of ether oxygens (including phenoxy) is 1. The number of nitrogens with zero attached hydrogens (tertiary/aromatic N) is 1. The highest BCUT2D eigenvalue weighted by atomic mass is 16.5. The number of hydrogen-bond acceptors (Lipinski definition) is 4. The second kappa shape index (κ2) is 7.72. The van der Waals surface area contributed by atoms with Gasteiger partial charge in [0.25, 0.3) is 5.91 Å². The molecule has 0 aromatic heterocycles. The Kier molecular flexibility index (Phi) is 5.35. The molecule has 0 spiro atoms. The van der Waals surface area contributed by atoms with Crippen molar-refractivity contribution < 1.29 is 24.2 Å². The maximum Gasteiger partial charge on any atom is 0.335 e. The molecule has 146 valence electrons. The average molecular weight is 382 g/mol. The number of carboxylic acid groups (broad SMARTS) is 1. The topological polar surface area (TPSA) is 95.9 Å². The molecule has 0 aliphatic carbocycles. The summed E-state index contributed by atoms with van der Waals surface area (Å²) in [5.74, 6) is -1.29. The van der Waals surface area contributed by atoms with Crippen molar-refractivity contribution in [2.24, 2.45) is 0 Å². The van der Waals surface area contributed by atoms with E-state index in [9.17, 15) is 19.5 Å². The molecule has 2 amide bonds. The lowest BCUT2D eigenvalue weighted by atomic mass is 9.98. The second-order valence-electron chi connectivity index (χ2n) is 7.00. The third kappa shape index (κ3) is 3.83. The minimum atomic E-state index is -1.12. The number of benzene rings is 2. The van der Waals surface area contributed by atoms with E-state index in [2.05, 4.69) is 5.32 Å². The summed E-state index contributed by atoms with van der Waals surface area (Å²) in [6, 6.07) is 10.0. The zero-order valence-corrected chi connectivity index (χ0v) is 16.0. The van der Waals surface area contributed by atoms with Crippen LogP contribution in [0.1, 0.15) is 41.3 Å². The van der Waals surface area contributed by atoms with Gasteiger partial charge in [-0.05, 0) is 42.2 Å². The summed E-state index contributed by atoms with van der Waals surface area (Å²) in [6.07, 6.45) is 0. The Morgan fingerprint density at radius 3 is 2.68 bits per heavy atom. The van der Waals surface area contributed by atoms with Gasteiger partial charge < -0.3 is 15.2 Å². The Bertz CT molecular complexity index is 952. The first-order valence-electron chi connectivity index (χ1n) is 8.97. The van der Waals surface area contributed by atoms with Crippen LogP contribution in [0, 0.1) is 6.92 Å². The van der Waals surface area contributed by atoms with Crippen LogP contribution in [0.15, 0.2) is 36.4 Å². The van der Waals surface area contributed by atoms with Gasteiger partial charge in [-0.2, -0.15) is 0 Å². The predicted octanol–water partition coefficient (Wildman–Crippen LogP) is 3.18. The third-order valence-corrected chi connectivity index (χ3v) is 4.64. The second-order valence-corrected chi connectivity index (χ2v) is 7.00. The molecule has 0 fully saturated rings. The van der Waals surface area contributed by atoms with Crippen LogP contribution in [0.4, 0.5) is 11.4 Å². The van der Waals surface area contributed by atoms with Crippen molar-refractivity contribution in [3.05, 3.63) is 53.1 Å². The van der Waals surface area contributed by atoms with Gasteiger partial charge in [-0.1, -0.05) is 32.0 Å². The molecule has 0 atom stereocenters. The van der Waals surface area contributed by atoms with Crippen LogP contribution < -0.4 is 15.0 Å². The number of nitrogens with one attached hydrogen (secondary N) is 1. The number of rotatable bonds is 5. The van der Waals surface area contributed by atoms with E-state index < -0.39 is 11.9 Å². The fourth-order valence-corrected chi connectivity index (χ4v) is 3.17. The van der Waals surface area contributed by atoms with Crippen molar-refractivity contribution in [2.75, 3.05) is 23.4 Å². The molecule has 0 unspecified atom stereocenters. The van der Waals surface area contributed by atoms with E-state index in [0.29, 0.717) is 5.75 Å². The highest BCUT2D eigenvalue weighted by molar-refractivity contribution is 6.06. The minimum absolute atomic E-state index is 0.0171. The Hall–Kier alpha value is -3.35. The molecule has 7 heteroatoms. The molecule has 28 heavy (non-hydrogen) atoms. The van der Waals surface area contributed by atoms with E-state index in [4.69, 9.17) is 4.74 Å². The number of aryl methyl sites for hydroxylation is 1. The van der Waals surface area contributed by atoms with Gasteiger partial charge >= 0.3 is 5.97 Å². The van der Waals surface area contributed by atoms with Gasteiger partial charge in [0.05, 0.1) is 11.3 Å². The first kappa shape index (κ1) is 19.4. The van der Waals surface area contributed by atoms with Crippen LogP contribution in [0.3, 0.4) is 0 Å². The summed E-state index contributed by atoms with van der Waals surface area (Å²) < 4.78 is 5.35. The number of carboxylic acids is 1. The monoisotopic (exact) mass is 382 g/mol. The standard InChI is InChI=1S/C21H22N2O5/c1-12(2)15-6-4-5-13(3)20(15)22-18(24)10-23-16-9-14(21(26)27)7-8-17(16)28-11-19(23)25/h4-9,12H,10-11H2,1-3H3,(H,22,24)(H,26,27). The third-order valence-electron chi connectivity index (χ3n) is 4.64. The summed E-state index contributed by atoms with van der Waals surface area (Å²) >= 11 is 0. The van der Waals surface area contributed by atoms with Crippen LogP contribution in [-0.4, -0.2) is 36.0 Å². The first-order valence-corrected chi connectivity index (χ1v) is 8.97. The molecule has 2 aromatic carbocycles. The van der Waals surface area contributed by atoms with E-state index in [1.807, 2.05) is 39.0 Å². The van der Waals surface area contributed by atoms with Gasteiger partial charge in [0, 0.05) is 5.69 Å². The molecule has 1 aliphatic rings. The molecule has 0 saturated carbocycles. The SMILES string of the molecule is Cc1cccc(C(C)C)c1NC(=O)CN1C(=O)COc2ccc(C(=O)O)cc21. The van der Waals surface area contributed by atoms with Gasteiger partial charge in [0.15, 0.2) is 6.61 Å². The largest absolute Gasteiger partial charge is 0.482 e. The molecule has 7 nitrogen and oxygen atoms in total. The number of anilines is 2. The highest BCUT2D eigenvalue weighted by Gasteiger charge is 2.28. The van der Waals surface area contributed by atoms with Crippen LogP contribution in [0.25, 0.3) is 0 Å². The number of para-hydroxylation sites is 1. The van der Waals surface area contributed by atoms with Crippen molar-refractivity contribution in [1.82, 2.24) is 0 Å². The zero-order chi connectivity index (χ0) is 20.4. The van der Waals surface area contributed by atoms with Gasteiger partial charge in [0.1, 0.15) is 12.3 Å². The van der Waals surface area contributed by atoms with E-state index in [1.54, 1.807) is 0 Å². The van der Waals surface area contributed by atoms with E-state index in [0.717, 1.165) is 16.8 Å².